The summed E-state index contributed by atoms with van der Waals surface area (Å²) in [5, 5.41) is 2.69. The molecule has 0 radical (unpaired) electrons. The van der Waals surface area contributed by atoms with E-state index in [0.717, 1.165) is 36.3 Å². The fourth-order valence-electron chi connectivity index (χ4n) is 4.91. The van der Waals surface area contributed by atoms with Crippen molar-refractivity contribution in [3.8, 4) is 0 Å². The molecule has 0 aromatic rings. The molecular formula is C22H44NO+. The lowest BCUT2D eigenvalue weighted by Gasteiger charge is -2.39. The van der Waals surface area contributed by atoms with Crippen LogP contribution < -0.4 is 5.32 Å². The van der Waals surface area contributed by atoms with Crippen LogP contribution in [0.1, 0.15) is 92.4 Å². The monoisotopic (exact) mass is 338 g/mol. The van der Waals surface area contributed by atoms with Gasteiger partial charge in [0.15, 0.2) is 0 Å². The lowest BCUT2D eigenvalue weighted by molar-refractivity contribution is -0.693. The Morgan fingerprint density at radius 3 is 2.33 bits per heavy atom. The molecule has 1 saturated carbocycles. The van der Waals surface area contributed by atoms with Crippen molar-refractivity contribution in [2.75, 3.05) is 13.2 Å². The van der Waals surface area contributed by atoms with Gasteiger partial charge in [0.1, 0.15) is 0 Å². The minimum atomic E-state index is 0.0994. The van der Waals surface area contributed by atoms with Gasteiger partial charge in [-0.3, -0.25) is 0 Å². The van der Waals surface area contributed by atoms with Gasteiger partial charge in [-0.25, -0.2) is 0 Å². The topological polar surface area (TPSA) is 25.8 Å². The number of hydrogen-bond acceptors (Lipinski definition) is 1. The molecule has 0 aromatic heterocycles. The third-order valence-corrected chi connectivity index (χ3v) is 6.61. The van der Waals surface area contributed by atoms with Crippen LogP contribution in [0, 0.1) is 23.7 Å². The first-order valence-electron chi connectivity index (χ1n) is 10.8. The normalized spacial score (nSPS) is 32.0. The average molecular weight is 339 g/mol. The summed E-state index contributed by atoms with van der Waals surface area (Å²) in [6.07, 6.45) is 12.6. The zero-order chi connectivity index (χ0) is 17.6. The van der Waals surface area contributed by atoms with Crippen molar-refractivity contribution >= 4 is 0 Å². The van der Waals surface area contributed by atoms with E-state index in [0.29, 0.717) is 0 Å². The second-order valence-corrected chi connectivity index (χ2v) is 9.93. The number of hydrogen-bond donors (Lipinski definition) is 1. The summed E-state index contributed by atoms with van der Waals surface area (Å²) < 4.78 is 5.97. The van der Waals surface area contributed by atoms with Gasteiger partial charge in [0, 0.05) is 6.61 Å². The van der Waals surface area contributed by atoms with Crippen molar-refractivity contribution in [1.82, 2.24) is 0 Å². The van der Waals surface area contributed by atoms with E-state index in [1.54, 1.807) is 0 Å². The Balaban J connectivity index is 1.79. The van der Waals surface area contributed by atoms with Gasteiger partial charge in [-0.05, 0) is 88.9 Å². The molecule has 0 amide bonds. The zero-order valence-corrected chi connectivity index (χ0v) is 17.2. The molecule has 2 rings (SSSR count). The van der Waals surface area contributed by atoms with Crippen LogP contribution in [0.5, 0.6) is 0 Å². The summed E-state index contributed by atoms with van der Waals surface area (Å²) in [6, 6.07) is 0.915. The van der Waals surface area contributed by atoms with Crippen LogP contribution in [-0.2, 0) is 4.74 Å². The molecule has 1 aliphatic heterocycles. The van der Waals surface area contributed by atoms with Gasteiger partial charge in [-0.2, -0.15) is 0 Å². The highest BCUT2D eigenvalue weighted by atomic mass is 16.5. The Labute approximate surface area is 151 Å². The summed E-state index contributed by atoms with van der Waals surface area (Å²) in [7, 11) is 0. The van der Waals surface area contributed by atoms with Crippen LogP contribution in [0.15, 0.2) is 0 Å². The van der Waals surface area contributed by atoms with Crippen molar-refractivity contribution in [2.45, 2.75) is 104 Å². The number of ether oxygens (including phenoxy) is 1. The molecule has 2 atom stereocenters. The highest BCUT2D eigenvalue weighted by molar-refractivity contribution is 4.83. The summed E-state index contributed by atoms with van der Waals surface area (Å²) in [4.78, 5) is 0. The molecule has 1 aliphatic carbocycles. The van der Waals surface area contributed by atoms with E-state index in [9.17, 15) is 0 Å². The molecular weight excluding hydrogens is 294 g/mol. The van der Waals surface area contributed by atoms with Crippen LogP contribution in [-0.4, -0.2) is 24.8 Å². The smallest absolute Gasteiger partial charge is 0.0859 e. The third kappa shape index (κ3) is 7.04. The molecule has 0 bridgehead atoms. The summed E-state index contributed by atoms with van der Waals surface area (Å²) in [5.74, 6) is 3.60. The van der Waals surface area contributed by atoms with Crippen molar-refractivity contribution in [3.05, 3.63) is 0 Å². The number of quaternary nitrogens is 1. The van der Waals surface area contributed by atoms with Crippen molar-refractivity contribution in [2.24, 2.45) is 23.7 Å². The van der Waals surface area contributed by atoms with Gasteiger partial charge in [-0.15, -0.1) is 0 Å². The van der Waals surface area contributed by atoms with Crippen LogP contribution in [0.2, 0.25) is 0 Å². The molecule has 142 valence electrons. The van der Waals surface area contributed by atoms with Gasteiger partial charge in [-0.1, -0.05) is 27.2 Å². The van der Waals surface area contributed by atoms with Crippen LogP contribution in [0.25, 0.3) is 0 Å². The standard InChI is InChI=1S/C22H43NO/c1-17(2)6-9-19(20-13-15-24-22(4,5)16-20)12-14-23-21-10-7-18(3)8-11-21/h17-21,23H,6-16H2,1-5H3/p+1/t18?,19-,20-,21?/m0/s1. The molecule has 2 aliphatic rings. The minimum Gasteiger partial charge on any atom is -0.376 e. The van der Waals surface area contributed by atoms with E-state index in [1.807, 2.05) is 0 Å². The Bertz CT molecular complexity index is 344. The van der Waals surface area contributed by atoms with E-state index in [1.165, 1.54) is 64.3 Å². The highest BCUT2D eigenvalue weighted by Crippen LogP contribution is 2.37. The summed E-state index contributed by atoms with van der Waals surface area (Å²) >= 11 is 0. The second kappa shape index (κ2) is 9.57. The Morgan fingerprint density at radius 2 is 1.71 bits per heavy atom. The fourth-order valence-corrected chi connectivity index (χ4v) is 4.91. The lowest BCUT2D eigenvalue weighted by Crippen LogP contribution is -2.90. The molecule has 24 heavy (non-hydrogen) atoms. The molecule has 0 aromatic carbocycles. The molecule has 2 fully saturated rings. The average Bonchev–Trinajstić information content (AvgIpc) is 2.51. The van der Waals surface area contributed by atoms with E-state index >= 15 is 0 Å². The first-order chi connectivity index (χ1) is 11.4. The largest absolute Gasteiger partial charge is 0.376 e. The van der Waals surface area contributed by atoms with Gasteiger partial charge in [0.2, 0.25) is 0 Å². The second-order valence-electron chi connectivity index (χ2n) is 9.93. The maximum absolute atomic E-state index is 5.97. The maximum atomic E-state index is 5.97. The number of rotatable bonds is 8. The summed E-state index contributed by atoms with van der Waals surface area (Å²) in [6.45, 7) is 14.1. The maximum Gasteiger partial charge on any atom is 0.0859 e. The van der Waals surface area contributed by atoms with Crippen molar-refractivity contribution in [3.63, 3.8) is 0 Å². The van der Waals surface area contributed by atoms with Crippen LogP contribution in [0.3, 0.4) is 0 Å². The van der Waals surface area contributed by atoms with Gasteiger partial charge in [0.25, 0.3) is 0 Å². The Morgan fingerprint density at radius 1 is 1.00 bits per heavy atom. The lowest BCUT2D eigenvalue weighted by atomic mass is 9.75. The Kier molecular flexibility index (Phi) is 8.07. The zero-order valence-electron chi connectivity index (χ0n) is 17.2. The summed E-state index contributed by atoms with van der Waals surface area (Å²) in [5.41, 5.74) is 0.0994. The van der Waals surface area contributed by atoms with Crippen molar-refractivity contribution in [1.29, 1.82) is 0 Å². The van der Waals surface area contributed by atoms with Gasteiger partial charge >= 0.3 is 0 Å². The van der Waals surface area contributed by atoms with Crippen LogP contribution in [0.4, 0.5) is 0 Å². The first kappa shape index (κ1) is 20.2. The first-order valence-corrected chi connectivity index (χ1v) is 10.8. The number of nitrogens with two attached hydrogens (primary N) is 1. The predicted molar refractivity (Wildman–Crippen MR) is 103 cm³/mol. The van der Waals surface area contributed by atoms with E-state index in [4.69, 9.17) is 4.74 Å². The SMILES string of the molecule is CC(C)CC[C@@H](CC[NH2+]C1CCC(C)CC1)[C@H]1CCOC(C)(C)C1. The van der Waals surface area contributed by atoms with E-state index in [-0.39, 0.29) is 5.60 Å². The molecule has 1 heterocycles. The minimum absolute atomic E-state index is 0.0994. The molecule has 1 saturated heterocycles. The van der Waals surface area contributed by atoms with Crippen LogP contribution >= 0.6 is 0 Å². The molecule has 2 nitrogen and oxygen atoms in total. The van der Waals surface area contributed by atoms with Gasteiger partial charge in [0.05, 0.1) is 18.2 Å². The fraction of sp³-hybridized carbons (Fsp3) is 1.00. The van der Waals surface area contributed by atoms with E-state index < -0.39 is 0 Å². The molecule has 2 N–H and O–H groups in total. The van der Waals surface area contributed by atoms with Crippen molar-refractivity contribution < 1.29 is 10.1 Å². The van der Waals surface area contributed by atoms with E-state index in [2.05, 4.69) is 39.9 Å². The van der Waals surface area contributed by atoms with Gasteiger partial charge < -0.3 is 10.1 Å². The predicted octanol–water partition coefficient (Wildman–Crippen LogP) is 4.78. The molecule has 2 heteroatoms. The Hall–Kier alpha value is -0.0800. The molecule has 0 unspecified atom stereocenters. The molecule has 0 spiro atoms. The highest BCUT2D eigenvalue weighted by Gasteiger charge is 2.33. The third-order valence-electron chi connectivity index (χ3n) is 6.61. The quantitative estimate of drug-likeness (QED) is 0.677.